The molecule has 0 unspecified atom stereocenters. The van der Waals surface area contributed by atoms with Crippen molar-refractivity contribution in [2.24, 2.45) is 0 Å². The first-order valence-corrected chi connectivity index (χ1v) is 9.58. The number of hydrogen-bond donors (Lipinski definition) is 3. The first-order valence-electron chi connectivity index (χ1n) is 8.79. The van der Waals surface area contributed by atoms with E-state index in [1.807, 2.05) is 18.2 Å². The van der Waals surface area contributed by atoms with Gasteiger partial charge in [0.15, 0.2) is 0 Å². The molecule has 3 N–H and O–H groups in total. The summed E-state index contributed by atoms with van der Waals surface area (Å²) < 4.78 is 45.9. The molecule has 4 rings (SSSR count). The molecule has 1 aliphatic heterocycles. The van der Waals surface area contributed by atoms with Crippen molar-refractivity contribution in [3.63, 3.8) is 0 Å². The number of carbonyl (C=O) groups is 2. The fourth-order valence-corrected chi connectivity index (χ4v) is 3.68. The molecule has 11 heteroatoms. The van der Waals surface area contributed by atoms with E-state index in [1.54, 1.807) is 12.3 Å². The van der Waals surface area contributed by atoms with Crippen LogP contribution in [0.5, 0.6) is 0 Å². The molecule has 0 saturated heterocycles. The molecule has 0 atom stereocenters. The van der Waals surface area contributed by atoms with E-state index in [4.69, 9.17) is 9.90 Å². The van der Waals surface area contributed by atoms with E-state index < -0.39 is 12.1 Å². The molecule has 0 spiro atoms. The van der Waals surface area contributed by atoms with Gasteiger partial charge in [0, 0.05) is 36.0 Å². The summed E-state index contributed by atoms with van der Waals surface area (Å²) in [6.45, 7) is 0.628. The van der Waals surface area contributed by atoms with Gasteiger partial charge >= 0.3 is 12.1 Å². The highest BCUT2D eigenvalue weighted by Crippen LogP contribution is 2.35. The van der Waals surface area contributed by atoms with Gasteiger partial charge in [-0.05, 0) is 40.2 Å². The average Bonchev–Trinajstić information content (AvgIpc) is 3.06. The number of carboxylic acid groups (broad SMARTS) is 1. The SMILES string of the molecule is O=C(O)C(F)(F)F.O=C1NCCc2[nH]c(-c3ccnc(-c4cccc(F)c4)c3)c(Br)c21. The van der Waals surface area contributed by atoms with E-state index in [1.165, 1.54) is 12.1 Å². The Labute approximate surface area is 181 Å². The molecule has 31 heavy (non-hydrogen) atoms. The van der Waals surface area contributed by atoms with Crippen LogP contribution in [0, 0.1) is 5.82 Å². The van der Waals surface area contributed by atoms with E-state index in [-0.39, 0.29) is 11.7 Å². The lowest BCUT2D eigenvalue weighted by molar-refractivity contribution is -0.192. The summed E-state index contributed by atoms with van der Waals surface area (Å²) in [6.07, 6.45) is -2.64. The molecular formula is C20H14BrF4N3O3. The van der Waals surface area contributed by atoms with Crippen molar-refractivity contribution in [2.75, 3.05) is 6.54 Å². The van der Waals surface area contributed by atoms with Gasteiger partial charge in [-0.3, -0.25) is 9.78 Å². The Bertz CT molecular complexity index is 1140. The Balaban J connectivity index is 0.000000339. The lowest BCUT2D eigenvalue weighted by Crippen LogP contribution is -2.31. The fourth-order valence-electron chi connectivity index (χ4n) is 2.93. The summed E-state index contributed by atoms with van der Waals surface area (Å²) >= 11 is 3.53. The predicted octanol–water partition coefficient (Wildman–Crippen LogP) is 4.56. The summed E-state index contributed by atoms with van der Waals surface area (Å²) in [5.74, 6) is -3.13. The number of hydrogen-bond acceptors (Lipinski definition) is 3. The molecule has 1 aliphatic rings. The standard InChI is InChI=1S/C18H13BrFN3O.C2HF3O2/c19-16-15-13(5-7-22-18(15)24)23-17(16)11-4-6-21-14(9-11)10-2-1-3-12(20)8-10;3-2(4,5)1(6)7/h1-4,6,8-9,23H,5,7H2,(H,22,24);(H,6,7). The van der Waals surface area contributed by atoms with Crippen molar-refractivity contribution in [1.29, 1.82) is 0 Å². The van der Waals surface area contributed by atoms with Gasteiger partial charge in [-0.1, -0.05) is 12.1 Å². The zero-order valence-electron chi connectivity index (χ0n) is 15.6. The highest BCUT2D eigenvalue weighted by atomic mass is 79.9. The molecular weight excluding hydrogens is 486 g/mol. The topological polar surface area (TPSA) is 95.1 Å². The Morgan fingerprint density at radius 3 is 2.48 bits per heavy atom. The van der Waals surface area contributed by atoms with Gasteiger partial charge in [0.05, 0.1) is 21.4 Å². The lowest BCUT2D eigenvalue weighted by Gasteiger charge is -2.11. The minimum absolute atomic E-state index is 0.0787. The van der Waals surface area contributed by atoms with Crippen molar-refractivity contribution in [2.45, 2.75) is 12.6 Å². The average molecular weight is 500 g/mol. The number of benzene rings is 1. The molecule has 1 aromatic carbocycles. The summed E-state index contributed by atoms with van der Waals surface area (Å²) in [7, 11) is 0. The van der Waals surface area contributed by atoms with Crippen LogP contribution in [0.1, 0.15) is 16.1 Å². The summed E-state index contributed by atoms with van der Waals surface area (Å²) in [6, 6.07) is 10.1. The monoisotopic (exact) mass is 499 g/mol. The van der Waals surface area contributed by atoms with Crippen LogP contribution in [0.3, 0.4) is 0 Å². The predicted molar refractivity (Wildman–Crippen MR) is 107 cm³/mol. The van der Waals surface area contributed by atoms with Gasteiger partial charge in [-0.15, -0.1) is 0 Å². The minimum Gasteiger partial charge on any atom is -0.475 e. The smallest absolute Gasteiger partial charge is 0.475 e. The number of carbonyl (C=O) groups excluding carboxylic acids is 1. The van der Waals surface area contributed by atoms with Crippen molar-refractivity contribution in [3.8, 4) is 22.5 Å². The van der Waals surface area contributed by atoms with Crippen molar-refractivity contribution in [3.05, 3.63) is 64.1 Å². The first-order chi connectivity index (χ1) is 14.6. The second-order valence-corrected chi connectivity index (χ2v) is 7.21. The molecule has 6 nitrogen and oxygen atoms in total. The summed E-state index contributed by atoms with van der Waals surface area (Å²) in [5, 5.41) is 9.97. The van der Waals surface area contributed by atoms with E-state index in [2.05, 4.69) is 31.2 Å². The number of alkyl halides is 3. The molecule has 0 fully saturated rings. The number of carboxylic acids is 1. The number of aromatic amines is 1. The molecule has 162 valence electrons. The number of nitrogens with zero attached hydrogens (tertiary/aromatic N) is 1. The molecule has 1 amide bonds. The highest BCUT2D eigenvalue weighted by molar-refractivity contribution is 9.10. The van der Waals surface area contributed by atoms with Gasteiger partial charge in [0.1, 0.15) is 5.82 Å². The van der Waals surface area contributed by atoms with Crippen LogP contribution in [0.2, 0.25) is 0 Å². The Morgan fingerprint density at radius 2 is 1.87 bits per heavy atom. The zero-order valence-corrected chi connectivity index (χ0v) is 17.1. The van der Waals surface area contributed by atoms with Crippen LogP contribution in [0.15, 0.2) is 47.1 Å². The Morgan fingerprint density at radius 1 is 1.16 bits per heavy atom. The normalized spacial score (nSPS) is 13.0. The third-order valence-electron chi connectivity index (χ3n) is 4.32. The molecule has 0 saturated carbocycles. The number of rotatable bonds is 2. The second-order valence-electron chi connectivity index (χ2n) is 6.42. The van der Waals surface area contributed by atoms with Crippen LogP contribution in [0.25, 0.3) is 22.5 Å². The maximum atomic E-state index is 13.5. The third kappa shape index (κ3) is 5.10. The van der Waals surface area contributed by atoms with Crippen LogP contribution in [-0.2, 0) is 11.2 Å². The number of nitrogens with one attached hydrogen (secondary N) is 2. The molecule has 0 bridgehead atoms. The quantitative estimate of drug-likeness (QED) is 0.450. The molecule has 0 radical (unpaired) electrons. The van der Waals surface area contributed by atoms with Crippen LogP contribution in [-0.4, -0.2) is 39.7 Å². The first kappa shape index (κ1) is 22.5. The maximum absolute atomic E-state index is 13.5. The van der Waals surface area contributed by atoms with Crippen LogP contribution >= 0.6 is 15.9 Å². The van der Waals surface area contributed by atoms with E-state index >= 15 is 0 Å². The van der Waals surface area contributed by atoms with Gasteiger partial charge in [-0.25, -0.2) is 9.18 Å². The van der Waals surface area contributed by atoms with Crippen LogP contribution in [0.4, 0.5) is 17.6 Å². The number of aliphatic carboxylic acids is 1. The second kappa shape index (κ2) is 8.88. The van der Waals surface area contributed by atoms with Crippen molar-refractivity contribution in [1.82, 2.24) is 15.3 Å². The zero-order chi connectivity index (χ0) is 22.8. The Kier molecular flexibility index (Phi) is 6.44. The molecule has 3 aromatic rings. The molecule has 2 aromatic heterocycles. The summed E-state index contributed by atoms with van der Waals surface area (Å²) in [5.41, 5.74) is 4.68. The van der Waals surface area contributed by atoms with Crippen molar-refractivity contribution < 1.29 is 32.3 Å². The number of pyridine rings is 1. The van der Waals surface area contributed by atoms with Crippen LogP contribution < -0.4 is 5.32 Å². The number of halogens is 5. The molecule has 3 heterocycles. The van der Waals surface area contributed by atoms with Crippen molar-refractivity contribution >= 4 is 27.8 Å². The lowest BCUT2D eigenvalue weighted by atomic mass is 10.1. The van der Waals surface area contributed by atoms with Gasteiger partial charge in [-0.2, -0.15) is 13.2 Å². The maximum Gasteiger partial charge on any atom is 0.490 e. The minimum atomic E-state index is -5.08. The fraction of sp³-hybridized carbons (Fsp3) is 0.150. The number of amides is 1. The summed E-state index contributed by atoms with van der Waals surface area (Å²) in [4.78, 5) is 28.6. The number of fused-ring (bicyclic) bond motifs is 1. The van der Waals surface area contributed by atoms with Gasteiger partial charge in [0.25, 0.3) is 5.91 Å². The number of aromatic nitrogens is 2. The number of H-pyrrole nitrogens is 1. The highest BCUT2D eigenvalue weighted by Gasteiger charge is 2.38. The van der Waals surface area contributed by atoms with E-state index in [0.717, 1.165) is 27.8 Å². The van der Waals surface area contributed by atoms with Gasteiger partial charge in [0.2, 0.25) is 0 Å². The molecule has 0 aliphatic carbocycles. The Hall–Kier alpha value is -3.21. The largest absolute Gasteiger partial charge is 0.490 e. The third-order valence-corrected chi connectivity index (χ3v) is 5.11. The van der Waals surface area contributed by atoms with E-state index in [9.17, 15) is 22.4 Å². The van der Waals surface area contributed by atoms with Gasteiger partial charge < -0.3 is 15.4 Å². The van der Waals surface area contributed by atoms with E-state index in [0.29, 0.717) is 23.4 Å².